The lowest BCUT2D eigenvalue weighted by Crippen LogP contribution is -2.00. The Morgan fingerprint density at radius 1 is 0.500 bits per heavy atom. The summed E-state index contributed by atoms with van der Waals surface area (Å²) in [6.45, 7) is 1.05. The van der Waals surface area contributed by atoms with Gasteiger partial charge in [-0.2, -0.15) is 0 Å². The van der Waals surface area contributed by atoms with Crippen molar-refractivity contribution in [2.24, 2.45) is 0 Å². The predicted molar refractivity (Wildman–Crippen MR) is 139 cm³/mol. The number of hydrogen-bond acceptors (Lipinski definition) is 2. The quantitative estimate of drug-likeness (QED) is 0.198. The minimum absolute atomic E-state index is 0.526. The molecule has 0 aliphatic heterocycles. The SMILES string of the molecule is Ic1ccc(OCc2ccccc2)c(-c2cc(I)ccc2OCc2ccccc2)c1. The van der Waals surface area contributed by atoms with Gasteiger partial charge in [-0.25, -0.2) is 0 Å². The summed E-state index contributed by atoms with van der Waals surface area (Å²) < 4.78 is 14.8. The molecule has 4 heteroatoms. The van der Waals surface area contributed by atoms with E-state index in [1.807, 2.05) is 48.5 Å². The summed E-state index contributed by atoms with van der Waals surface area (Å²) >= 11 is 4.68. The number of hydrogen-bond donors (Lipinski definition) is 0. The fourth-order valence-electron chi connectivity index (χ4n) is 3.15. The Morgan fingerprint density at radius 2 is 0.900 bits per heavy atom. The van der Waals surface area contributed by atoms with Crippen LogP contribution in [0.3, 0.4) is 0 Å². The maximum absolute atomic E-state index is 6.23. The molecule has 4 aromatic rings. The van der Waals surface area contributed by atoms with Crippen molar-refractivity contribution in [3.63, 3.8) is 0 Å². The van der Waals surface area contributed by atoms with Crippen LogP contribution in [0.5, 0.6) is 11.5 Å². The molecule has 2 nitrogen and oxygen atoms in total. The van der Waals surface area contributed by atoms with Gasteiger partial charge in [0.25, 0.3) is 0 Å². The van der Waals surface area contributed by atoms with Crippen molar-refractivity contribution in [1.82, 2.24) is 0 Å². The van der Waals surface area contributed by atoms with Crippen molar-refractivity contribution in [3.05, 3.63) is 115 Å². The molecular weight excluding hydrogens is 598 g/mol. The van der Waals surface area contributed by atoms with Crippen LogP contribution in [0.25, 0.3) is 11.1 Å². The third kappa shape index (κ3) is 5.55. The standard InChI is InChI=1S/C26H20I2O2/c27-21-11-13-25(29-17-19-7-3-1-4-8-19)23(15-21)24-16-22(28)12-14-26(24)30-18-20-9-5-2-6-10-20/h1-16H,17-18H2. The molecule has 0 radical (unpaired) electrons. The Labute approximate surface area is 204 Å². The van der Waals surface area contributed by atoms with E-state index < -0.39 is 0 Å². The Balaban J connectivity index is 1.65. The van der Waals surface area contributed by atoms with Crippen LogP contribution in [0.15, 0.2) is 97.1 Å². The molecule has 0 atom stereocenters. The molecule has 4 rings (SSSR count). The summed E-state index contributed by atoms with van der Waals surface area (Å²) in [5.41, 5.74) is 4.37. The fourth-order valence-corrected chi connectivity index (χ4v) is 4.13. The van der Waals surface area contributed by atoms with Gasteiger partial charge in [0, 0.05) is 18.3 Å². The summed E-state index contributed by atoms with van der Waals surface area (Å²) in [4.78, 5) is 0. The van der Waals surface area contributed by atoms with Crippen LogP contribution in [0.4, 0.5) is 0 Å². The molecule has 150 valence electrons. The molecule has 0 aliphatic carbocycles. The van der Waals surface area contributed by atoms with E-state index in [1.54, 1.807) is 0 Å². The van der Waals surface area contributed by atoms with Gasteiger partial charge >= 0.3 is 0 Å². The molecule has 0 saturated carbocycles. The van der Waals surface area contributed by atoms with Crippen LogP contribution < -0.4 is 9.47 Å². The second-order valence-corrected chi connectivity index (χ2v) is 9.32. The minimum Gasteiger partial charge on any atom is -0.488 e. The highest BCUT2D eigenvalue weighted by atomic mass is 127. The Hall–Kier alpha value is -2.06. The van der Waals surface area contributed by atoms with Gasteiger partial charge in [0.1, 0.15) is 24.7 Å². The predicted octanol–water partition coefficient (Wildman–Crippen LogP) is 7.72. The maximum atomic E-state index is 6.23. The first kappa shape index (κ1) is 21.2. The summed E-state index contributed by atoms with van der Waals surface area (Å²) in [5.74, 6) is 1.71. The highest BCUT2D eigenvalue weighted by Gasteiger charge is 2.14. The first-order valence-corrected chi connectivity index (χ1v) is 11.8. The molecule has 30 heavy (non-hydrogen) atoms. The first-order chi connectivity index (χ1) is 14.7. The molecule has 0 unspecified atom stereocenters. The monoisotopic (exact) mass is 618 g/mol. The van der Waals surface area contributed by atoms with Gasteiger partial charge in [-0.05, 0) is 92.7 Å². The van der Waals surface area contributed by atoms with Crippen LogP contribution in [0.1, 0.15) is 11.1 Å². The highest BCUT2D eigenvalue weighted by molar-refractivity contribution is 14.1. The number of benzene rings is 4. The van der Waals surface area contributed by atoms with E-state index in [2.05, 4.69) is 93.7 Å². The van der Waals surface area contributed by atoms with E-state index in [0.717, 1.165) is 40.9 Å². The third-order valence-corrected chi connectivity index (χ3v) is 5.99. The van der Waals surface area contributed by atoms with Gasteiger partial charge in [0.05, 0.1) is 0 Å². The van der Waals surface area contributed by atoms with Crippen LogP contribution in [-0.2, 0) is 13.2 Å². The molecule has 0 aliphatic rings. The molecule has 0 spiro atoms. The molecule has 0 bridgehead atoms. The van der Waals surface area contributed by atoms with Gasteiger partial charge in [0.15, 0.2) is 0 Å². The van der Waals surface area contributed by atoms with E-state index >= 15 is 0 Å². The Morgan fingerprint density at radius 3 is 1.30 bits per heavy atom. The van der Waals surface area contributed by atoms with Gasteiger partial charge < -0.3 is 9.47 Å². The van der Waals surface area contributed by atoms with Crippen molar-refractivity contribution in [1.29, 1.82) is 0 Å². The van der Waals surface area contributed by atoms with Gasteiger partial charge in [-0.15, -0.1) is 0 Å². The molecule has 0 aromatic heterocycles. The van der Waals surface area contributed by atoms with E-state index in [4.69, 9.17) is 9.47 Å². The van der Waals surface area contributed by atoms with Gasteiger partial charge in [0.2, 0.25) is 0 Å². The molecule has 0 amide bonds. The Bertz CT molecular complexity index is 1020. The zero-order chi connectivity index (χ0) is 20.8. The molecule has 0 heterocycles. The zero-order valence-corrected chi connectivity index (χ0v) is 20.5. The summed E-state index contributed by atoms with van der Waals surface area (Å²) in [7, 11) is 0. The third-order valence-electron chi connectivity index (χ3n) is 4.65. The second kappa shape index (κ2) is 10.3. The normalized spacial score (nSPS) is 10.6. The van der Waals surface area contributed by atoms with Crippen LogP contribution in [-0.4, -0.2) is 0 Å². The minimum atomic E-state index is 0.526. The maximum Gasteiger partial charge on any atom is 0.127 e. The first-order valence-electron chi connectivity index (χ1n) is 9.62. The highest BCUT2D eigenvalue weighted by Crippen LogP contribution is 2.39. The average molecular weight is 618 g/mol. The van der Waals surface area contributed by atoms with E-state index in [-0.39, 0.29) is 0 Å². The number of halogens is 2. The lowest BCUT2D eigenvalue weighted by Gasteiger charge is -2.16. The van der Waals surface area contributed by atoms with Crippen molar-refractivity contribution in [2.75, 3.05) is 0 Å². The fraction of sp³-hybridized carbons (Fsp3) is 0.0769. The van der Waals surface area contributed by atoms with E-state index in [9.17, 15) is 0 Å². The van der Waals surface area contributed by atoms with Crippen molar-refractivity contribution < 1.29 is 9.47 Å². The summed E-state index contributed by atoms with van der Waals surface area (Å²) in [6, 6.07) is 33.0. The lowest BCUT2D eigenvalue weighted by molar-refractivity contribution is 0.303. The lowest BCUT2D eigenvalue weighted by atomic mass is 10.0. The van der Waals surface area contributed by atoms with Gasteiger partial charge in [-0.3, -0.25) is 0 Å². The van der Waals surface area contributed by atoms with Crippen molar-refractivity contribution in [2.45, 2.75) is 13.2 Å². The van der Waals surface area contributed by atoms with Gasteiger partial charge in [-0.1, -0.05) is 60.7 Å². The van der Waals surface area contributed by atoms with Crippen molar-refractivity contribution in [3.8, 4) is 22.6 Å². The zero-order valence-electron chi connectivity index (χ0n) is 16.2. The largest absolute Gasteiger partial charge is 0.488 e. The van der Waals surface area contributed by atoms with Crippen LogP contribution in [0, 0.1) is 7.14 Å². The van der Waals surface area contributed by atoms with E-state index in [0.29, 0.717) is 13.2 Å². The molecular formula is C26H20I2O2. The van der Waals surface area contributed by atoms with Crippen molar-refractivity contribution >= 4 is 45.2 Å². The summed E-state index contributed by atoms with van der Waals surface area (Å²) in [5, 5.41) is 0. The Kier molecular flexibility index (Phi) is 7.28. The smallest absolute Gasteiger partial charge is 0.127 e. The molecule has 0 fully saturated rings. The number of ether oxygens (including phenoxy) is 2. The average Bonchev–Trinajstić information content (AvgIpc) is 2.79. The van der Waals surface area contributed by atoms with Crippen LogP contribution >= 0.6 is 45.2 Å². The summed E-state index contributed by atoms with van der Waals surface area (Å²) in [6.07, 6.45) is 0. The molecule has 0 saturated heterocycles. The van der Waals surface area contributed by atoms with Crippen LogP contribution in [0.2, 0.25) is 0 Å². The number of rotatable bonds is 7. The molecule has 4 aromatic carbocycles. The van der Waals surface area contributed by atoms with E-state index in [1.165, 1.54) is 0 Å². The topological polar surface area (TPSA) is 18.5 Å². The second-order valence-electron chi connectivity index (χ2n) is 6.83. The molecule has 0 N–H and O–H groups in total.